The van der Waals surface area contributed by atoms with Crippen LogP contribution in [0.4, 0.5) is 0 Å². The van der Waals surface area contributed by atoms with Crippen molar-refractivity contribution in [1.29, 1.82) is 0 Å². The molecule has 0 aromatic carbocycles. The number of rotatable bonds is 6. The second-order valence-electron chi connectivity index (χ2n) is 5.89. The highest BCUT2D eigenvalue weighted by Gasteiger charge is 2.28. The SMILES string of the molecule is CCCNC(c1ccccn1)C1CCCC(CC)C1. The van der Waals surface area contributed by atoms with Gasteiger partial charge in [-0.05, 0) is 49.8 Å². The van der Waals surface area contributed by atoms with Gasteiger partial charge in [0.2, 0.25) is 0 Å². The van der Waals surface area contributed by atoms with E-state index in [0.717, 1.165) is 18.4 Å². The lowest BCUT2D eigenvalue weighted by atomic mass is 9.76. The van der Waals surface area contributed by atoms with Gasteiger partial charge < -0.3 is 5.32 Å². The zero-order valence-corrected chi connectivity index (χ0v) is 12.4. The van der Waals surface area contributed by atoms with Crippen molar-refractivity contribution in [3.05, 3.63) is 30.1 Å². The number of nitrogens with one attached hydrogen (secondary N) is 1. The van der Waals surface area contributed by atoms with E-state index in [2.05, 4.69) is 36.3 Å². The Morgan fingerprint density at radius 3 is 2.89 bits per heavy atom. The van der Waals surface area contributed by atoms with E-state index in [0.29, 0.717) is 6.04 Å². The fourth-order valence-corrected chi connectivity index (χ4v) is 3.38. The zero-order valence-electron chi connectivity index (χ0n) is 12.4. The Balaban J connectivity index is 2.08. The van der Waals surface area contributed by atoms with E-state index < -0.39 is 0 Å². The summed E-state index contributed by atoms with van der Waals surface area (Å²) < 4.78 is 0. The fraction of sp³-hybridized carbons (Fsp3) is 0.706. The lowest BCUT2D eigenvalue weighted by molar-refractivity contribution is 0.207. The molecule has 0 saturated heterocycles. The predicted octanol–water partition coefficient (Wildman–Crippen LogP) is 4.34. The molecule has 1 aromatic rings. The van der Waals surface area contributed by atoms with E-state index in [4.69, 9.17) is 0 Å². The molecule has 0 bridgehead atoms. The van der Waals surface area contributed by atoms with Crippen LogP contribution in [-0.2, 0) is 0 Å². The summed E-state index contributed by atoms with van der Waals surface area (Å²) in [5, 5.41) is 3.74. The van der Waals surface area contributed by atoms with Gasteiger partial charge in [-0.1, -0.05) is 39.2 Å². The van der Waals surface area contributed by atoms with Gasteiger partial charge >= 0.3 is 0 Å². The molecule has 1 heterocycles. The van der Waals surface area contributed by atoms with Gasteiger partial charge in [0.05, 0.1) is 11.7 Å². The average Bonchev–Trinajstić information content (AvgIpc) is 2.49. The molecule has 2 heteroatoms. The molecule has 1 aliphatic carbocycles. The average molecular weight is 260 g/mol. The quantitative estimate of drug-likeness (QED) is 0.823. The summed E-state index contributed by atoms with van der Waals surface area (Å²) >= 11 is 0. The third-order valence-electron chi connectivity index (χ3n) is 4.49. The molecule has 106 valence electrons. The van der Waals surface area contributed by atoms with Gasteiger partial charge in [-0.2, -0.15) is 0 Å². The summed E-state index contributed by atoms with van der Waals surface area (Å²) in [6.45, 7) is 5.66. The van der Waals surface area contributed by atoms with Gasteiger partial charge in [0.15, 0.2) is 0 Å². The molecule has 1 N–H and O–H groups in total. The van der Waals surface area contributed by atoms with Gasteiger partial charge in [-0.15, -0.1) is 0 Å². The third kappa shape index (κ3) is 4.04. The van der Waals surface area contributed by atoms with Crippen LogP contribution in [0.3, 0.4) is 0 Å². The van der Waals surface area contributed by atoms with Crippen LogP contribution < -0.4 is 5.32 Å². The van der Waals surface area contributed by atoms with Crippen LogP contribution in [0.25, 0.3) is 0 Å². The standard InChI is InChI=1S/C17H28N2/c1-3-11-19-17(16-10-5-6-12-18-16)15-9-7-8-14(4-2)13-15/h5-6,10,12,14-15,17,19H,3-4,7-9,11,13H2,1-2H3. The monoisotopic (exact) mass is 260 g/mol. The minimum Gasteiger partial charge on any atom is -0.308 e. The lowest BCUT2D eigenvalue weighted by Crippen LogP contribution is -2.32. The number of aromatic nitrogens is 1. The number of nitrogens with zero attached hydrogens (tertiary/aromatic N) is 1. The van der Waals surface area contributed by atoms with Crippen LogP contribution in [0.15, 0.2) is 24.4 Å². The van der Waals surface area contributed by atoms with Gasteiger partial charge in [0.25, 0.3) is 0 Å². The van der Waals surface area contributed by atoms with Crippen LogP contribution in [0.2, 0.25) is 0 Å². The first-order valence-electron chi connectivity index (χ1n) is 7.99. The minimum atomic E-state index is 0.454. The van der Waals surface area contributed by atoms with Crippen molar-refractivity contribution >= 4 is 0 Å². The Hall–Kier alpha value is -0.890. The molecule has 0 spiro atoms. The molecule has 0 amide bonds. The van der Waals surface area contributed by atoms with Crippen LogP contribution in [0, 0.1) is 11.8 Å². The maximum atomic E-state index is 4.60. The largest absolute Gasteiger partial charge is 0.308 e. The highest BCUT2D eigenvalue weighted by atomic mass is 14.9. The molecule has 3 atom stereocenters. The van der Waals surface area contributed by atoms with Crippen molar-refractivity contribution in [2.75, 3.05) is 6.54 Å². The molecular formula is C17H28N2. The lowest BCUT2D eigenvalue weighted by Gasteiger charge is -2.34. The van der Waals surface area contributed by atoms with Crippen LogP contribution in [-0.4, -0.2) is 11.5 Å². The fourth-order valence-electron chi connectivity index (χ4n) is 3.38. The van der Waals surface area contributed by atoms with Gasteiger partial charge in [0.1, 0.15) is 0 Å². The van der Waals surface area contributed by atoms with E-state index in [1.807, 2.05) is 12.3 Å². The molecule has 2 rings (SSSR count). The van der Waals surface area contributed by atoms with E-state index >= 15 is 0 Å². The Bertz CT molecular complexity index is 350. The third-order valence-corrected chi connectivity index (χ3v) is 4.49. The highest BCUT2D eigenvalue weighted by Crippen LogP contribution is 2.37. The maximum Gasteiger partial charge on any atom is 0.0576 e. The first-order chi connectivity index (χ1) is 9.35. The smallest absolute Gasteiger partial charge is 0.0576 e. The van der Waals surface area contributed by atoms with E-state index in [-0.39, 0.29) is 0 Å². The summed E-state index contributed by atoms with van der Waals surface area (Å²) in [6, 6.07) is 6.76. The number of hydrogen-bond donors (Lipinski definition) is 1. The summed E-state index contributed by atoms with van der Waals surface area (Å²) in [5.74, 6) is 1.69. The van der Waals surface area contributed by atoms with Crippen molar-refractivity contribution < 1.29 is 0 Å². The molecule has 1 aliphatic rings. The van der Waals surface area contributed by atoms with Gasteiger partial charge in [-0.25, -0.2) is 0 Å². The summed E-state index contributed by atoms with van der Waals surface area (Å²) in [4.78, 5) is 4.60. The van der Waals surface area contributed by atoms with Gasteiger partial charge in [-0.3, -0.25) is 4.98 Å². The molecule has 0 radical (unpaired) electrons. The number of pyridine rings is 1. The van der Waals surface area contributed by atoms with E-state index in [1.54, 1.807) is 0 Å². The van der Waals surface area contributed by atoms with E-state index in [9.17, 15) is 0 Å². The van der Waals surface area contributed by atoms with Crippen molar-refractivity contribution in [2.45, 2.75) is 58.4 Å². The van der Waals surface area contributed by atoms with Crippen molar-refractivity contribution in [2.24, 2.45) is 11.8 Å². The molecule has 0 aliphatic heterocycles. The Labute approximate surface area is 118 Å². The first kappa shape index (κ1) is 14.5. The van der Waals surface area contributed by atoms with Crippen LogP contribution in [0.5, 0.6) is 0 Å². The Morgan fingerprint density at radius 2 is 2.21 bits per heavy atom. The molecule has 2 nitrogen and oxygen atoms in total. The summed E-state index contributed by atoms with van der Waals surface area (Å²) in [6.07, 6.45) is 9.99. The second-order valence-corrected chi connectivity index (χ2v) is 5.89. The molecule has 19 heavy (non-hydrogen) atoms. The predicted molar refractivity (Wildman–Crippen MR) is 81.0 cm³/mol. The van der Waals surface area contributed by atoms with Crippen LogP contribution >= 0.6 is 0 Å². The first-order valence-corrected chi connectivity index (χ1v) is 7.99. The number of hydrogen-bond acceptors (Lipinski definition) is 2. The van der Waals surface area contributed by atoms with Gasteiger partial charge in [0, 0.05) is 6.20 Å². The van der Waals surface area contributed by atoms with Crippen LogP contribution in [0.1, 0.15) is 64.1 Å². The molecule has 1 saturated carbocycles. The minimum absolute atomic E-state index is 0.454. The summed E-state index contributed by atoms with van der Waals surface area (Å²) in [7, 11) is 0. The topological polar surface area (TPSA) is 24.9 Å². The highest BCUT2D eigenvalue weighted by molar-refractivity contribution is 5.10. The Morgan fingerprint density at radius 1 is 1.32 bits per heavy atom. The molecule has 3 unspecified atom stereocenters. The van der Waals surface area contributed by atoms with Crippen molar-refractivity contribution in [3.8, 4) is 0 Å². The van der Waals surface area contributed by atoms with Crippen molar-refractivity contribution in [1.82, 2.24) is 10.3 Å². The Kier molecular flexibility index (Phi) is 5.84. The molecule has 1 aromatic heterocycles. The summed E-state index contributed by atoms with van der Waals surface area (Å²) in [5.41, 5.74) is 1.23. The normalized spacial score (nSPS) is 25.2. The van der Waals surface area contributed by atoms with E-state index in [1.165, 1.54) is 44.2 Å². The molecule has 1 fully saturated rings. The molecular weight excluding hydrogens is 232 g/mol. The zero-order chi connectivity index (χ0) is 13.5. The second kappa shape index (κ2) is 7.64. The van der Waals surface area contributed by atoms with Crippen molar-refractivity contribution in [3.63, 3.8) is 0 Å². The maximum absolute atomic E-state index is 4.60.